The van der Waals surface area contributed by atoms with Crippen molar-refractivity contribution in [1.29, 1.82) is 0 Å². The highest BCUT2D eigenvalue weighted by atomic mass is 79.9. The number of nitrogen functional groups attached to an aromatic ring is 1. The molecule has 0 saturated carbocycles. The van der Waals surface area contributed by atoms with E-state index in [9.17, 15) is 12.8 Å². The molecule has 21 heavy (non-hydrogen) atoms. The summed E-state index contributed by atoms with van der Waals surface area (Å²) in [4.78, 5) is 0.146. The molecule has 0 fully saturated rings. The summed E-state index contributed by atoms with van der Waals surface area (Å²) in [5.41, 5.74) is 7.41. The molecule has 0 radical (unpaired) electrons. The van der Waals surface area contributed by atoms with E-state index >= 15 is 0 Å². The number of hydrogen-bond donors (Lipinski definition) is 2. The van der Waals surface area contributed by atoms with Crippen molar-refractivity contribution in [2.45, 2.75) is 18.7 Å². The molecule has 0 heterocycles. The summed E-state index contributed by atoms with van der Waals surface area (Å²) < 4.78 is 41.2. The van der Waals surface area contributed by atoms with Crippen molar-refractivity contribution in [2.75, 3.05) is 10.5 Å². The van der Waals surface area contributed by atoms with Gasteiger partial charge in [0.05, 0.1) is 10.6 Å². The molecule has 7 heteroatoms. The van der Waals surface area contributed by atoms with Gasteiger partial charge in [-0.25, -0.2) is 12.8 Å². The first-order chi connectivity index (χ1) is 9.70. The van der Waals surface area contributed by atoms with Crippen LogP contribution in [0.15, 0.2) is 39.7 Å². The molecule has 112 valence electrons. The van der Waals surface area contributed by atoms with Crippen LogP contribution in [0.1, 0.15) is 11.1 Å². The smallest absolute Gasteiger partial charge is 0.262 e. The standard InChI is InChI=1S/C14H14BrFN2O2S/c1-8-5-11(17)6-9(2)14(8)21(19,20)18-13-7-10(16)3-4-12(13)15/h3-7,18H,17H2,1-2H3. The number of hydrogen-bond acceptors (Lipinski definition) is 3. The molecule has 0 aromatic heterocycles. The number of sulfonamides is 1. The number of benzene rings is 2. The Morgan fingerprint density at radius 1 is 1.14 bits per heavy atom. The van der Waals surface area contributed by atoms with Crippen molar-refractivity contribution in [3.63, 3.8) is 0 Å². The van der Waals surface area contributed by atoms with Crippen LogP contribution in [0, 0.1) is 19.7 Å². The second-order valence-electron chi connectivity index (χ2n) is 4.71. The Morgan fingerprint density at radius 3 is 2.29 bits per heavy atom. The van der Waals surface area contributed by atoms with Gasteiger partial charge >= 0.3 is 0 Å². The lowest BCUT2D eigenvalue weighted by molar-refractivity contribution is 0.600. The average Bonchev–Trinajstić information content (AvgIpc) is 2.31. The van der Waals surface area contributed by atoms with Gasteiger partial charge in [-0.05, 0) is 71.2 Å². The zero-order valence-electron chi connectivity index (χ0n) is 11.4. The van der Waals surface area contributed by atoms with Crippen LogP contribution in [-0.2, 0) is 10.0 Å². The van der Waals surface area contributed by atoms with E-state index in [2.05, 4.69) is 20.7 Å². The van der Waals surface area contributed by atoms with Crippen molar-refractivity contribution in [3.05, 3.63) is 51.7 Å². The quantitative estimate of drug-likeness (QED) is 0.808. The van der Waals surface area contributed by atoms with Gasteiger partial charge < -0.3 is 5.73 Å². The molecule has 0 saturated heterocycles. The van der Waals surface area contributed by atoms with E-state index < -0.39 is 15.8 Å². The van der Waals surface area contributed by atoms with Crippen molar-refractivity contribution in [1.82, 2.24) is 0 Å². The van der Waals surface area contributed by atoms with E-state index in [0.717, 1.165) is 6.07 Å². The van der Waals surface area contributed by atoms with Gasteiger partial charge in [0.25, 0.3) is 10.0 Å². The van der Waals surface area contributed by atoms with Crippen molar-refractivity contribution >= 4 is 37.3 Å². The maximum absolute atomic E-state index is 13.3. The highest BCUT2D eigenvalue weighted by Crippen LogP contribution is 2.29. The fourth-order valence-corrected chi connectivity index (χ4v) is 4.18. The van der Waals surface area contributed by atoms with Crippen LogP contribution in [-0.4, -0.2) is 8.42 Å². The Hall–Kier alpha value is -1.60. The van der Waals surface area contributed by atoms with E-state index in [1.165, 1.54) is 12.1 Å². The van der Waals surface area contributed by atoms with Gasteiger partial charge in [0.1, 0.15) is 5.82 Å². The van der Waals surface area contributed by atoms with E-state index in [1.54, 1.807) is 26.0 Å². The third kappa shape index (κ3) is 3.36. The lowest BCUT2D eigenvalue weighted by Crippen LogP contribution is -2.16. The van der Waals surface area contributed by atoms with Gasteiger partial charge in [-0.3, -0.25) is 4.72 Å². The van der Waals surface area contributed by atoms with Crippen LogP contribution in [0.3, 0.4) is 0 Å². The Labute approximate surface area is 131 Å². The van der Waals surface area contributed by atoms with Gasteiger partial charge in [0.15, 0.2) is 0 Å². The third-order valence-electron chi connectivity index (χ3n) is 2.92. The van der Waals surface area contributed by atoms with Gasteiger partial charge in [0, 0.05) is 10.2 Å². The number of halogens is 2. The molecule has 3 N–H and O–H groups in total. The van der Waals surface area contributed by atoms with Gasteiger partial charge in [-0.15, -0.1) is 0 Å². The fraction of sp³-hybridized carbons (Fsp3) is 0.143. The first-order valence-corrected chi connectivity index (χ1v) is 8.33. The van der Waals surface area contributed by atoms with Crippen LogP contribution < -0.4 is 10.5 Å². The zero-order valence-corrected chi connectivity index (χ0v) is 13.8. The summed E-state index contributed by atoms with van der Waals surface area (Å²) in [7, 11) is -3.83. The predicted molar refractivity (Wildman–Crippen MR) is 85.2 cm³/mol. The average molecular weight is 373 g/mol. The molecule has 0 atom stereocenters. The van der Waals surface area contributed by atoms with E-state index in [1.807, 2.05) is 0 Å². The van der Waals surface area contributed by atoms with Gasteiger partial charge in [-0.1, -0.05) is 0 Å². The normalized spacial score (nSPS) is 11.4. The fourth-order valence-electron chi connectivity index (χ4n) is 2.18. The molecule has 4 nitrogen and oxygen atoms in total. The molecule has 0 aliphatic carbocycles. The summed E-state index contributed by atoms with van der Waals surface area (Å²) in [6.45, 7) is 3.33. The maximum Gasteiger partial charge on any atom is 0.262 e. The van der Waals surface area contributed by atoms with E-state index in [-0.39, 0.29) is 10.6 Å². The molecule has 0 aliphatic rings. The van der Waals surface area contributed by atoms with Gasteiger partial charge in [0.2, 0.25) is 0 Å². The molecule has 2 aromatic carbocycles. The molecule has 2 rings (SSSR count). The number of nitrogens with one attached hydrogen (secondary N) is 1. The van der Waals surface area contributed by atoms with E-state index in [4.69, 9.17) is 5.73 Å². The molecule has 0 unspecified atom stereocenters. The van der Waals surface area contributed by atoms with Crippen LogP contribution >= 0.6 is 15.9 Å². The minimum atomic E-state index is -3.83. The second kappa shape index (κ2) is 5.65. The molecule has 0 bridgehead atoms. The number of anilines is 2. The molecule has 0 amide bonds. The van der Waals surface area contributed by atoms with Gasteiger partial charge in [-0.2, -0.15) is 0 Å². The molecule has 2 aromatic rings. The Bertz CT molecular complexity index is 784. The summed E-state index contributed by atoms with van der Waals surface area (Å²) in [5.74, 6) is -0.526. The molecular formula is C14H14BrFN2O2S. The Kier molecular flexibility index (Phi) is 4.25. The summed E-state index contributed by atoms with van der Waals surface area (Å²) in [6.07, 6.45) is 0. The predicted octanol–water partition coefficient (Wildman–Crippen LogP) is 3.59. The van der Waals surface area contributed by atoms with Crippen LogP contribution in [0.2, 0.25) is 0 Å². The van der Waals surface area contributed by atoms with Crippen molar-refractivity contribution < 1.29 is 12.8 Å². The minimum Gasteiger partial charge on any atom is -0.399 e. The lowest BCUT2D eigenvalue weighted by Gasteiger charge is -2.14. The van der Waals surface area contributed by atoms with Crippen molar-refractivity contribution in [3.8, 4) is 0 Å². The van der Waals surface area contributed by atoms with Crippen LogP contribution in [0.25, 0.3) is 0 Å². The number of rotatable bonds is 3. The van der Waals surface area contributed by atoms with Crippen LogP contribution in [0.4, 0.5) is 15.8 Å². The summed E-state index contributed by atoms with van der Waals surface area (Å²) in [6, 6.07) is 6.96. The number of aryl methyl sites for hydroxylation is 2. The highest BCUT2D eigenvalue weighted by molar-refractivity contribution is 9.10. The zero-order chi connectivity index (χ0) is 15.8. The SMILES string of the molecule is Cc1cc(N)cc(C)c1S(=O)(=O)Nc1cc(F)ccc1Br. The Balaban J connectivity index is 2.51. The monoisotopic (exact) mass is 372 g/mol. The lowest BCUT2D eigenvalue weighted by atomic mass is 10.1. The molecule has 0 spiro atoms. The molecular weight excluding hydrogens is 359 g/mol. The van der Waals surface area contributed by atoms with E-state index in [0.29, 0.717) is 21.3 Å². The van der Waals surface area contributed by atoms with Crippen molar-refractivity contribution in [2.24, 2.45) is 0 Å². The first-order valence-electron chi connectivity index (χ1n) is 6.05. The largest absolute Gasteiger partial charge is 0.399 e. The molecule has 0 aliphatic heterocycles. The Morgan fingerprint density at radius 2 is 1.71 bits per heavy atom. The maximum atomic E-state index is 13.3. The summed E-state index contributed by atoms with van der Waals surface area (Å²) >= 11 is 3.19. The van der Waals surface area contributed by atoms with Crippen LogP contribution in [0.5, 0.6) is 0 Å². The number of nitrogens with two attached hydrogens (primary N) is 1. The third-order valence-corrected chi connectivity index (χ3v) is 5.29. The topological polar surface area (TPSA) is 72.2 Å². The second-order valence-corrected chi connectivity index (χ2v) is 7.19. The summed E-state index contributed by atoms with van der Waals surface area (Å²) in [5, 5.41) is 0. The minimum absolute atomic E-state index is 0.144. The first kappa shape index (κ1) is 15.8. The highest BCUT2D eigenvalue weighted by Gasteiger charge is 2.21.